The summed E-state index contributed by atoms with van der Waals surface area (Å²) in [5.41, 5.74) is 0. The number of rotatable bonds is 7. The van der Waals surface area contributed by atoms with Gasteiger partial charge < -0.3 is 24.6 Å². The summed E-state index contributed by atoms with van der Waals surface area (Å²) in [5, 5.41) is 18.4. The predicted molar refractivity (Wildman–Crippen MR) is 85.3 cm³/mol. The van der Waals surface area contributed by atoms with E-state index >= 15 is 0 Å². The summed E-state index contributed by atoms with van der Waals surface area (Å²) in [5.74, 6) is -1.48. The van der Waals surface area contributed by atoms with E-state index in [0.29, 0.717) is 6.42 Å². The van der Waals surface area contributed by atoms with Crippen LogP contribution in [-0.2, 0) is 28.8 Å². The molecule has 1 aliphatic heterocycles. The van der Waals surface area contributed by atoms with Crippen molar-refractivity contribution in [2.75, 3.05) is 19.8 Å². The fourth-order valence-corrected chi connectivity index (χ4v) is 2.60. The summed E-state index contributed by atoms with van der Waals surface area (Å²) < 4.78 is 44.3. The Balaban J connectivity index is 1.90. The topological polar surface area (TPSA) is 110 Å². The highest BCUT2D eigenvalue weighted by Gasteiger charge is 2.40. The fourth-order valence-electron chi connectivity index (χ4n) is 2.60. The molecule has 1 aromatic heterocycles. The van der Waals surface area contributed by atoms with Gasteiger partial charge in [-0.3, -0.25) is 4.79 Å². The Morgan fingerprint density at radius 2 is 2.07 bits per heavy atom. The van der Waals surface area contributed by atoms with Crippen molar-refractivity contribution in [1.29, 1.82) is 0 Å². The van der Waals surface area contributed by atoms with Crippen LogP contribution in [0, 0.1) is 0 Å². The number of hydrogen-bond acceptors (Lipinski definition) is 6. The molecule has 0 aliphatic carbocycles. The van der Waals surface area contributed by atoms with Crippen molar-refractivity contribution in [2.24, 2.45) is 0 Å². The molecule has 0 spiro atoms. The van der Waals surface area contributed by atoms with Crippen molar-refractivity contribution in [2.45, 2.75) is 51.5 Å². The van der Waals surface area contributed by atoms with Crippen LogP contribution in [0.2, 0.25) is 0 Å². The second kappa shape index (κ2) is 9.02. The third-order valence-corrected chi connectivity index (χ3v) is 4.05. The van der Waals surface area contributed by atoms with Gasteiger partial charge in [0.25, 0.3) is 0 Å². The SMILES string of the molecule is CCCCOC(=O)NC(CO)CC(=O)N1CCn2c(nnc2C(F)(F)F)C1. The molecule has 152 valence electrons. The highest BCUT2D eigenvalue weighted by Crippen LogP contribution is 2.29. The lowest BCUT2D eigenvalue weighted by Gasteiger charge is -2.29. The average molecular weight is 393 g/mol. The molecule has 0 fully saturated rings. The minimum absolute atomic E-state index is 0.0365. The minimum atomic E-state index is -4.61. The van der Waals surface area contributed by atoms with Gasteiger partial charge in [0.15, 0.2) is 5.82 Å². The zero-order valence-corrected chi connectivity index (χ0v) is 14.8. The lowest BCUT2D eigenvalue weighted by Crippen LogP contribution is -2.45. The highest BCUT2D eigenvalue weighted by molar-refractivity contribution is 5.78. The smallest absolute Gasteiger partial charge is 0.450 e. The molecule has 27 heavy (non-hydrogen) atoms. The van der Waals surface area contributed by atoms with Gasteiger partial charge in [-0.15, -0.1) is 10.2 Å². The summed E-state index contributed by atoms with van der Waals surface area (Å²) >= 11 is 0. The highest BCUT2D eigenvalue weighted by atomic mass is 19.4. The first-order valence-corrected chi connectivity index (χ1v) is 8.57. The molecule has 12 heteroatoms. The van der Waals surface area contributed by atoms with Crippen molar-refractivity contribution in [3.8, 4) is 0 Å². The van der Waals surface area contributed by atoms with Crippen molar-refractivity contribution < 1.29 is 32.6 Å². The van der Waals surface area contributed by atoms with E-state index in [1.807, 2.05) is 6.92 Å². The number of carbonyl (C=O) groups excluding carboxylic acids is 2. The number of ether oxygens (including phenoxy) is 1. The van der Waals surface area contributed by atoms with E-state index in [0.717, 1.165) is 11.0 Å². The Morgan fingerprint density at radius 3 is 2.70 bits per heavy atom. The predicted octanol–water partition coefficient (Wildman–Crippen LogP) is 0.916. The van der Waals surface area contributed by atoms with E-state index in [9.17, 15) is 27.9 Å². The van der Waals surface area contributed by atoms with Crippen LogP contribution >= 0.6 is 0 Å². The van der Waals surface area contributed by atoms with Crippen LogP contribution in [0.4, 0.5) is 18.0 Å². The Hall–Kier alpha value is -2.37. The normalized spacial score (nSPS) is 15.2. The number of aromatic nitrogens is 3. The average Bonchev–Trinajstić information content (AvgIpc) is 3.04. The van der Waals surface area contributed by atoms with Gasteiger partial charge in [-0.2, -0.15) is 13.2 Å². The van der Waals surface area contributed by atoms with Crippen LogP contribution in [0.15, 0.2) is 0 Å². The van der Waals surface area contributed by atoms with Gasteiger partial charge in [0.2, 0.25) is 11.7 Å². The molecular weight excluding hydrogens is 371 g/mol. The number of amides is 2. The minimum Gasteiger partial charge on any atom is -0.450 e. The Kier molecular flexibility index (Phi) is 6.99. The van der Waals surface area contributed by atoms with Crippen LogP contribution in [0.1, 0.15) is 37.8 Å². The maximum atomic E-state index is 12.8. The third-order valence-electron chi connectivity index (χ3n) is 4.05. The molecule has 0 saturated heterocycles. The molecule has 9 nitrogen and oxygen atoms in total. The monoisotopic (exact) mass is 393 g/mol. The summed E-state index contributed by atoms with van der Waals surface area (Å²) in [6.07, 6.45) is -4.00. The van der Waals surface area contributed by atoms with Gasteiger partial charge in [0, 0.05) is 19.5 Å². The third kappa shape index (κ3) is 5.55. The molecule has 1 aromatic rings. The zero-order chi connectivity index (χ0) is 20.0. The largest absolute Gasteiger partial charge is 0.451 e. The standard InChI is InChI=1S/C15H22F3N5O4/c1-2-3-6-27-14(26)19-10(9-24)7-12(25)22-4-5-23-11(8-22)20-21-13(23)15(16,17)18/h10,24H,2-9H2,1H3,(H,19,26). The van der Waals surface area contributed by atoms with E-state index in [1.165, 1.54) is 4.90 Å². The van der Waals surface area contributed by atoms with Gasteiger partial charge in [-0.25, -0.2) is 4.79 Å². The van der Waals surface area contributed by atoms with Crippen LogP contribution < -0.4 is 5.32 Å². The van der Waals surface area contributed by atoms with Crippen LogP contribution in [0.3, 0.4) is 0 Å². The second-order valence-electron chi connectivity index (χ2n) is 6.12. The number of nitrogens with one attached hydrogen (secondary N) is 1. The number of nitrogens with zero attached hydrogens (tertiary/aromatic N) is 4. The molecule has 2 amide bonds. The number of alkyl halides is 3. The molecule has 1 unspecified atom stereocenters. The molecule has 1 atom stereocenters. The van der Waals surface area contributed by atoms with Gasteiger partial charge in [0.05, 0.1) is 25.8 Å². The van der Waals surface area contributed by atoms with E-state index in [1.54, 1.807) is 0 Å². The first-order chi connectivity index (χ1) is 12.8. The summed E-state index contributed by atoms with van der Waals surface area (Å²) in [6.45, 7) is 1.54. The Morgan fingerprint density at radius 1 is 1.33 bits per heavy atom. The number of aliphatic hydroxyl groups excluding tert-OH is 1. The van der Waals surface area contributed by atoms with E-state index in [2.05, 4.69) is 15.5 Å². The molecule has 0 bridgehead atoms. The molecule has 1 aliphatic rings. The maximum Gasteiger partial charge on any atom is 0.451 e. The molecule has 0 aromatic carbocycles. The van der Waals surface area contributed by atoms with Crippen molar-refractivity contribution in [1.82, 2.24) is 25.0 Å². The quantitative estimate of drug-likeness (QED) is 0.667. The number of aliphatic hydroxyl groups is 1. The van der Waals surface area contributed by atoms with Crippen molar-refractivity contribution >= 4 is 12.0 Å². The van der Waals surface area contributed by atoms with Crippen molar-refractivity contribution in [3.63, 3.8) is 0 Å². The first-order valence-electron chi connectivity index (χ1n) is 8.57. The maximum absolute atomic E-state index is 12.8. The van der Waals surface area contributed by atoms with E-state index < -0.39 is 36.6 Å². The molecule has 0 saturated carbocycles. The fraction of sp³-hybridized carbons (Fsp3) is 0.733. The summed E-state index contributed by atoms with van der Waals surface area (Å²) in [4.78, 5) is 25.3. The van der Waals surface area contributed by atoms with Crippen LogP contribution in [0.25, 0.3) is 0 Å². The molecular formula is C15H22F3N5O4. The first kappa shape index (κ1) is 20.9. The molecule has 2 heterocycles. The number of halogens is 3. The lowest BCUT2D eigenvalue weighted by molar-refractivity contribution is -0.148. The van der Waals surface area contributed by atoms with Crippen LogP contribution in [0.5, 0.6) is 0 Å². The van der Waals surface area contributed by atoms with E-state index in [-0.39, 0.29) is 38.5 Å². The lowest BCUT2D eigenvalue weighted by atomic mass is 10.2. The number of alkyl carbamates (subject to hydrolysis) is 1. The zero-order valence-electron chi connectivity index (χ0n) is 14.8. The second-order valence-corrected chi connectivity index (χ2v) is 6.12. The Bertz CT molecular complexity index is 664. The van der Waals surface area contributed by atoms with Crippen LogP contribution in [-0.4, -0.2) is 62.6 Å². The molecule has 2 N–H and O–H groups in total. The summed E-state index contributed by atoms with van der Waals surface area (Å²) in [6, 6.07) is -0.850. The number of carbonyl (C=O) groups is 2. The van der Waals surface area contributed by atoms with Gasteiger partial charge in [-0.1, -0.05) is 13.3 Å². The molecule has 2 rings (SSSR count). The Labute approximate surface area is 153 Å². The van der Waals surface area contributed by atoms with Gasteiger partial charge in [0.1, 0.15) is 0 Å². The van der Waals surface area contributed by atoms with Crippen molar-refractivity contribution in [3.05, 3.63) is 11.6 Å². The summed E-state index contributed by atoms with van der Waals surface area (Å²) in [7, 11) is 0. The van der Waals surface area contributed by atoms with Gasteiger partial charge in [-0.05, 0) is 6.42 Å². The number of unbranched alkanes of at least 4 members (excludes halogenated alkanes) is 1. The molecule has 0 radical (unpaired) electrons. The van der Waals surface area contributed by atoms with E-state index in [4.69, 9.17) is 4.74 Å². The van der Waals surface area contributed by atoms with Gasteiger partial charge >= 0.3 is 12.3 Å². The number of fused-ring (bicyclic) bond motifs is 1. The number of hydrogen-bond donors (Lipinski definition) is 2.